The molecule has 7 nitrogen and oxygen atoms in total. The van der Waals surface area contributed by atoms with E-state index in [1.54, 1.807) is 16.7 Å². The first kappa shape index (κ1) is 27.4. The predicted molar refractivity (Wildman–Crippen MR) is 152 cm³/mol. The number of aromatic nitrogens is 3. The lowest BCUT2D eigenvalue weighted by Gasteiger charge is -2.49. The van der Waals surface area contributed by atoms with E-state index in [-0.39, 0.29) is 18.6 Å². The maximum Gasteiger partial charge on any atom is 0.264 e. The first-order valence-electron chi connectivity index (χ1n) is 12.5. The minimum atomic E-state index is -0.582. The molecule has 2 unspecified atom stereocenters. The van der Waals surface area contributed by atoms with Crippen LogP contribution in [0.15, 0.2) is 59.4 Å². The zero-order chi connectivity index (χ0) is 26.8. The van der Waals surface area contributed by atoms with Crippen molar-refractivity contribution < 1.29 is 4.65 Å². The Bertz CT molecular complexity index is 1410. The summed E-state index contributed by atoms with van der Waals surface area (Å²) in [4.78, 5) is 19.4. The number of aryl methyl sites for hydroxylation is 1. The Hall–Kier alpha value is -2.62. The number of rotatable bonds is 10. The molecule has 0 spiro atoms. The van der Waals surface area contributed by atoms with Crippen molar-refractivity contribution in [3.63, 3.8) is 0 Å². The second kappa shape index (κ2) is 11.0. The smallest absolute Gasteiger partial charge is 0.264 e. The molecule has 0 radical (unpaired) electrons. The molecule has 196 valence electrons. The molecule has 0 bridgehead atoms. The van der Waals surface area contributed by atoms with Crippen molar-refractivity contribution in [1.82, 2.24) is 13.9 Å². The highest BCUT2D eigenvalue weighted by atomic mass is 35.5. The van der Waals surface area contributed by atoms with Crippen LogP contribution in [0, 0.1) is 12.1 Å². The second-order valence-electron chi connectivity index (χ2n) is 10.4. The quantitative estimate of drug-likeness (QED) is 0.198. The van der Waals surface area contributed by atoms with E-state index in [0.717, 1.165) is 11.1 Å². The summed E-state index contributed by atoms with van der Waals surface area (Å²) in [6.07, 6.45) is 1.03. The van der Waals surface area contributed by atoms with Crippen LogP contribution in [0.1, 0.15) is 62.3 Å². The van der Waals surface area contributed by atoms with Gasteiger partial charge < -0.3 is 15.6 Å². The van der Waals surface area contributed by atoms with Crippen LogP contribution >= 0.6 is 23.1 Å². The molecule has 0 amide bonds. The van der Waals surface area contributed by atoms with Crippen molar-refractivity contribution in [2.24, 2.45) is 5.73 Å². The van der Waals surface area contributed by atoms with Gasteiger partial charge in [-0.15, -0.1) is 0 Å². The summed E-state index contributed by atoms with van der Waals surface area (Å²) < 4.78 is 5.49. The Kier molecular flexibility index (Phi) is 8.16. The van der Waals surface area contributed by atoms with Crippen molar-refractivity contribution in [3.8, 4) is 0 Å². The Morgan fingerprint density at radius 2 is 1.81 bits per heavy atom. The van der Waals surface area contributed by atoms with Crippen LogP contribution in [0.25, 0.3) is 10.2 Å². The van der Waals surface area contributed by atoms with Gasteiger partial charge in [-0.05, 0) is 50.0 Å². The molecule has 4 rings (SSSR count). The number of hydrogen-bond donors (Lipinski definition) is 1. The summed E-state index contributed by atoms with van der Waals surface area (Å²) in [6.45, 7) is 8.48. The third kappa shape index (κ3) is 6.27. The van der Waals surface area contributed by atoms with Crippen LogP contribution in [-0.2, 0) is 13.1 Å². The highest BCUT2D eigenvalue weighted by Crippen LogP contribution is 2.35. The monoisotopic (exact) mass is 539 g/mol. The SMILES string of the molecule is CCC(c1nc2snc(C)c2c(=O)n1Cc1ccccc1)[N+]([O-])(CCC(C)(C)N)Cc1ccc(Cl)cc1. The van der Waals surface area contributed by atoms with Crippen LogP contribution in [0.3, 0.4) is 0 Å². The molecular weight excluding hydrogens is 506 g/mol. The Morgan fingerprint density at radius 1 is 1.14 bits per heavy atom. The van der Waals surface area contributed by atoms with E-state index in [9.17, 15) is 10.0 Å². The number of benzene rings is 2. The normalized spacial score (nSPS) is 14.6. The molecule has 2 N–H and O–H groups in total. The Morgan fingerprint density at radius 3 is 2.43 bits per heavy atom. The summed E-state index contributed by atoms with van der Waals surface area (Å²) in [5.74, 6) is 0.492. The van der Waals surface area contributed by atoms with Gasteiger partial charge in [-0.3, -0.25) is 9.36 Å². The van der Waals surface area contributed by atoms with E-state index < -0.39 is 16.2 Å². The maximum atomic E-state index is 14.9. The molecule has 4 aromatic rings. The van der Waals surface area contributed by atoms with E-state index >= 15 is 0 Å². The number of nitrogens with two attached hydrogens (primary N) is 1. The van der Waals surface area contributed by atoms with E-state index in [1.165, 1.54) is 11.5 Å². The van der Waals surface area contributed by atoms with Gasteiger partial charge in [-0.1, -0.05) is 61.0 Å². The van der Waals surface area contributed by atoms with E-state index in [0.29, 0.717) is 46.1 Å². The zero-order valence-electron chi connectivity index (χ0n) is 21.8. The largest absolute Gasteiger partial charge is 0.632 e. The molecule has 2 aromatic carbocycles. The average molecular weight is 540 g/mol. The Labute approximate surface area is 226 Å². The molecule has 0 saturated carbocycles. The lowest BCUT2D eigenvalue weighted by Crippen LogP contribution is -2.50. The molecular formula is C28H34ClN5O2S. The molecule has 0 fully saturated rings. The van der Waals surface area contributed by atoms with Gasteiger partial charge in [0.2, 0.25) is 0 Å². The maximum absolute atomic E-state index is 14.9. The third-order valence-corrected chi connectivity index (χ3v) is 7.82. The summed E-state index contributed by atoms with van der Waals surface area (Å²) >= 11 is 7.31. The molecule has 2 atom stereocenters. The van der Waals surface area contributed by atoms with Gasteiger partial charge in [0, 0.05) is 29.0 Å². The van der Waals surface area contributed by atoms with Crippen LogP contribution < -0.4 is 11.3 Å². The molecule has 9 heteroatoms. The number of hydroxylamine groups is 3. The standard InChI is InChI=1S/C28H34ClN5O2S/c1-5-23(34(36,16-15-28(3,4)30)18-21-11-13-22(29)14-12-21)25-31-26-24(19(2)32-37-26)27(35)33(25)17-20-9-7-6-8-10-20/h6-14,23H,5,15-18,30H2,1-4H3. The van der Waals surface area contributed by atoms with E-state index in [2.05, 4.69) is 4.37 Å². The highest BCUT2D eigenvalue weighted by Gasteiger charge is 2.35. The lowest BCUT2D eigenvalue weighted by atomic mass is 10.00. The number of halogens is 1. The fourth-order valence-corrected chi connectivity index (χ4v) is 5.61. The van der Waals surface area contributed by atoms with Crippen molar-refractivity contribution >= 4 is 33.4 Å². The third-order valence-electron chi connectivity index (χ3n) is 6.73. The molecule has 0 aliphatic heterocycles. The van der Waals surface area contributed by atoms with Crippen LogP contribution in [-0.4, -0.2) is 30.7 Å². The average Bonchev–Trinajstić information content (AvgIpc) is 3.23. The van der Waals surface area contributed by atoms with Gasteiger partial charge in [0.25, 0.3) is 5.56 Å². The number of hydrogen-bond acceptors (Lipinski definition) is 6. The van der Waals surface area contributed by atoms with Crippen molar-refractivity contribution in [1.29, 1.82) is 0 Å². The van der Waals surface area contributed by atoms with Crippen molar-refractivity contribution in [3.05, 3.63) is 97.8 Å². The van der Waals surface area contributed by atoms with Crippen LogP contribution in [0.4, 0.5) is 0 Å². The topological polar surface area (TPSA) is 96.9 Å². The predicted octanol–water partition coefficient (Wildman–Crippen LogP) is 5.96. The van der Waals surface area contributed by atoms with E-state index in [1.807, 2.05) is 70.2 Å². The number of fused-ring (bicyclic) bond motifs is 1. The fourth-order valence-electron chi connectivity index (χ4n) is 4.70. The van der Waals surface area contributed by atoms with E-state index in [4.69, 9.17) is 22.3 Å². The van der Waals surface area contributed by atoms with Crippen LogP contribution in [0.2, 0.25) is 5.02 Å². The summed E-state index contributed by atoms with van der Waals surface area (Å²) in [5.41, 5.74) is 8.15. The first-order chi connectivity index (χ1) is 17.5. The van der Waals surface area contributed by atoms with Crippen molar-refractivity contribution in [2.75, 3.05) is 6.54 Å². The van der Waals surface area contributed by atoms with Gasteiger partial charge in [0.15, 0.2) is 10.7 Å². The number of quaternary nitrogens is 1. The summed E-state index contributed by atoms with van der Waals surface area (Å²) in [5, 5.41) is 16.0. The molecule has 37 heavy (non-hydrogen) atoms. The molecule has 2 aromatic heterocycles. The van der Waals surface area contributed by atoms with Crippen molar-refractivity contribution in [2.45, 2.75) is 65.2 Å². The molecule has 0 aliphatic carbocycles. The van der Waals surface area contributed by atoms with Gasteiger partial charge in [-0.2, -0.15) is 4.37 Å². The van der Waals surface area contributed by atoms with Gasteiger partial charge in [0.05, 0.1) is 24.2 Å². The van der Waals surface area contributed by atoms with Gasteiger partial charge in [0.1, 0.15) is 12.6 Å². The fraction of sp³-hybridized carbons (Fsp3) is 0.393. The minimum Gasteiger partial charge on any atom is -0.632 e. The minimum absolute atomic E-state index is 0.161. The molecule has 0 saturated heterocycles. The highest BCUT2D eigenvalue weighted by molar-refractivity contribution is 7.12. The second-order valence-corrected chi connectivity index (χ2v) is 11.6. The first-order valence-corrected chi connectivity index (χ1v) is 13.7. The number of nitrogens with zero attached hydrogens (tertiary/aromatic N) is 4. The summed E-state index contributed by atoms with van der Waals surface area (Å²) in [6, 6.07) is 16.6. The van der Waals surface area contributed by atoms with Crippen LogP contribution in [0.5, 0.6) is 0 Å². The molecule has 2 heterocycles. The lowest BCUT2D eigenvalue weighted by molar-refractivity contribution is -0.926. The molecule has 0 aliphatic rings. The Balaban J connectivity index is 1.88. The zero-order valence-corrected chi connectivity index (χ0v) is 23.4. The van der Waals surface area contributed by atoms with Gasteiger partial charge in [-0.25, -0.2) is 4.98 Å². The summed E-state index contributed by atoms with van der Waals surface area (Å²) in [7, 11) is 0. The van der Waals surface area contributed by atoms with Gasteiger partial charge >= 0.3 is 0 Å².